The molecule has 4 rings (SSSR count). The highest BCUT2D eigenvalue weighted by Gasteiger charge is 2.43. The van der Waals surface area contributed by atoms with Crippen molar-refractivity contribution >= 4 is 33.7 Å². The number of esters is 1. The van der Waals surface area contributed by atoms with E-state index in [1.807, 2.05) is 42.5 Å². The fraction of sp³-hybridized carbons (Fsp3) is 0.160. The molecule has 1 aliphatic rings. The second-order valence-corrected chi connectivity index (χ2v) is 8.12. The number of nitrogens with zero attached hydrogens (tertiary/aromatic N) is 1. The Hall–Kier alpha value is -3.45. The highest BCUT2D eigenvalue weighted by molar-refractivity contribution is 9.10. The number of ether oxygens (including phenoxy) is 2. The lowest BCUT2D eigenvalue weighted by molar-refractivity contribution is -0.149. The van der Waals surface area contributed by atoms with Crippen molar-refractivity contribution in [1.82, 2.24) is 4.90 Å². The van der Waals surface area contributed by atoms with E-state index in [9.17, 15) is 14.4 Å². The lowest BCUT2D eigenvalue weighted by Gasteiger charge is -2.24. The van der Waals surface area contributed by atoms with E-state index in [1.54, 1.807) is 36.4 Å². The van der Waals surface area contributed by atoms with Gasteiger partial charge >= 0.3 is 5.97 Å². The molecule has 1 unspecified atom stereocenters. The van der Waals surface area contributed by atoms with Crippen LogP contribution in [0.25, 0.3) is 0 Å². The van der Waals surface area contributed by atoms with Gasteiger partial charge in [0.15, 0.2) is 0 Å². The van der Waals surface area contributed by atoms with E-state index in [0.717, 1.165) is 14.9 Å². The average molecular weight is 494 g/mol. The number of amides is 2. The van der Waals surface area contributed by atoms with Gasteiger partial charge in [0.05, 0.1) is 11.1 Å². The van der Waals surface area contributed by atoms with Crippen LogP contribution in [0.15, 0.2) is 83.3 Å². The molecule has 1 atom stereocenters. The van der Waals surface area contributed by atoms with Crippen LogP contribution in [0.2, 0.25) is 0 Å². The van der Waals surface area contributed by atoms with Crippen molar-refractivity contribution in [2.24, 2.45) is 0 Å². The third-order valence-electron chi connectivity index (χ3n) is 5.09. The van der Waals surface area contributed by atoms with E-state index in [1.165, 1.54) is 0 Å². The fourth-order valence-corrected chi connectivity index (χ4v) is 3.80. The average Bonchev–Trinajstić information content (AvgIpc) is 3.07. The zero-order chi connectivity index (χ0) is 22.5. The fourth-order valence-electron chi connectivity index (χ4n) is 3.54. The third-order valence-corrected chi connectivity index (χ3v) is 5.62. The van der Waals surface area contributed by atoms with Gasteiger partial charge in [-0.2, -0.15) is 0 Å². The zero-order valence-electron chi connectivity index (χ0n) is 17.1. The maximum atomic E-state index is 13.0. The molecule has 0 aromatic heterocycles. The van der Waals surface area contributed by atoms with Gasteiger partial charge in [0, 0.05) is 10.9 Å². The van der Waals surface area contributed by atoms with E-state index in [4.69, 9.17) is 9.47 Å². The number of halogens is 1. The second-order valence-electron chi connectivity index (χ2n) is 7.20. The van der Waals surface area contributed by atoms with E-state index >= 15 is 0 Å². The van der Waals surface area contributed by atoms with Crippen LogP contribution >= 0.6 is 15.9 Å². The van der Waals surface area contributed by atoms with Crippen molar-refractivity contribution in [2.45, 2.75) is 12.5 Å². The van der Waals surface area contributed by atoms with Gasteiger partial charge in [0.1, 0.15) is 25.0 Å². The molecule has 0 saturated heterocycles. The quantitative estimate of drug-likeness (QED) is 0.266. The van der Waals surface area contributed by atoms with Crippen LogP contribution in [0.3, 0.4) is 0 Å². The van der Waals surface area contributed by atoms with E-state index < -0.39 is 23.8 Å². The molecule has 0 spiro atoms. The van der Waals surface area contributed by atoms with Gasteiger partial charge < -0.3 is 9.47 Å². The molecule has 7 heteroatoms. The largest absolute Gasteiger partial charge is 0.490 e. The summed E-state index contributed by atoms with van der Waals surface area (Å²) >= 11 is 3.36. The summed E-state index contributed by atoms with van der Waals surface area (Å²) in [6.45, 7) is 0.136. The first kappa shape index (κ1) is 21.8. The summed E-state index contributed by atoms with van der Waals surface area (Å²) < 4.78 is 11.9. The summed E-state index contributed by atoms with van der Waals surface area (Å²) in [7, 11) is 0. The normalized spacial score (nSPS) is 13.6. The molecule has 0 fully saturated rings. The summed E-state index contributed by atoms with van der Waals surface area (Å²) in [5.41, 5.74) is 1.40. The minimum absolute atomic E-state index is 0.0106. The smallest absolute Gasteiger partial charge is 0.329 e. The zero-order valence-corrected chi connectivity index (χ0v) is 18.7. The van der Waals surface area contributed by atoms with Gasteiger partial charge in [-0.3, -0.25) is 14.5 Å². The minimum Gasteiger partial charge on any atom is -0.490 e. The van der Waals surface area contributed by atoms with Gasteiger partial charge in [-0.15, -0.1) is 0 Å². The summed E-state index contributed by atoms with van der Waals surface area (Å²) in [5, 5.41) is 0. The predicted octanol–water partition coefficient (Wildman–Crippen LogP) is 4.28. The number of carbonyl (C=O) groups excluding carboxylic acids is 3. The maximum absolute atomic E-state index is 13.0. The number of hydrogen-bond acceptors (Lipinski definition) is 5. The molecular formula is C25H20BrNO5. The summed E-state index contributed by atoms with van der Waals surface area (Å²) in [4.78, 5) is 39.9. The van der Waals surface area contributed by atoms with Crippen LogP contribution in [-0.2, 0) is 16.0 Å². The summed E-state index contributed by atoms with van der Waals surface area (Å²) in [6.07, 6.45) is 0.165. The first-order chi connectivity index (χ1) is 15.5. The monoisotopic (exact) mass is 493 g/mol. The van der Waals surface area contributed by atoms with Crippen LogP contribution in [0.5, 0.6) is 5.75 Å². The molecule has 0 N–H and O–H groups in total. The number of benzene rings is 3. The van der Waals surface area contributed by atoms with E-state index in [2.05, 4.69) is 15.9 Å². The van der Waals surface area contributed by atoms with Crippen LogP contribution < -0.4 is 4.74 Å². The molecule has 2 amide bonds. The molecular weight excluding hydrogens is 474 g/mol. The van der Waals surface area contributed by atoms with Crippen molar-refractivity contribution in [3.8, 4) is 5.75 Å². The highest BCUT2D eigenvalue weighted by Crippen LogP contribution is 2.26. The molecule has 0 aliphatic carbocycles. The topological polar surface area (TPSA) is 72.9 Å². The Morgan fingerprint density at radius 1 is 0.812 bits per heavy atom. The van der Waals surface area contributed by atoms with Gasteiger partial charge in [-0.05, 0) is 42.0 Å². The lowest BCUT2D eigenvalue weighted by Crippen LogP contribution is -2.47. The van der Waals surface area contributed by atoms with Crippen molar-refractivity contribution in [1.29, 1.82) is 0 Å². The Kier molecular flexibility index (Phi) is 6.66. The Balaban J connectivity index is 1.47. The van der Waals surface area contributed by atoms with Gasteiger partial charge in [-0.25, -0.2) is 4.79 Å². The van der Waals surface area contributed by atoms with Crippen molar-refractivity contribution in [3.05, 3.63) is 100 Å². The van der Waals surface area contributed by atoms with Crippen molar-refractivity contribution in [3.63, 3.8) is 0 Å². The van der Waals surface area contributed by atoms with E-state index in [-0.39, 0.29) is 19.6 Å². The van der Waals surface area contributed by atoms with Crippen LogP contribution in [0.1, 0.15) is 26.3 Å². The van der Waals surface area contributed by atoms with Gasteiger partial charge in [-0.1, -0.05) is 58.4 Å². The molecule has 1 heterocycles. The number of imide groups is 1. The standard InChI is InChI=1S/C25H20BrNO5/c26-18-10-12-19(13-11-18)31-14-15-32-25(30)22(16-17-6-2-1-3-7-17)27-23(28)20-8-4-5-9-21(20)24(27)29/h1-13,22H,14-16H2. The molecule has 0 bridgehead atoms. The summed E-state index contributed by atoms with van der Waals surface area (Å²) in [6, 6.07) is 22.0. The SMILES string of the molecule is O=C(OCCOc1ccc(Br)cc1)C(Cc1ccccc1)N1C(=O)c2ccccc2C1=O. The highest BCUT2D eigenvalue weighted by atomic mass is 79.9. The number of hydrogen-bond donors (Lipinski definition) is 0. The maximum Gasteiger partial charge on any atom is 0.329 e. The predicted molar refractivity (Wildman–Crippen MR) is 121 cm³/mol. The molecule has 1 aliphatic heterocycles. The molecule has 3 aromatic rings. The Morgan fingerprint density at radius 2 is 1.41 bits per heavy atom. The Labute approximate surface area is 193 Å². The van der Waals surface area contributed by atoms with E-state index in [0.29, 0.717) is 16.9 Å². The first-order valence-corrected chi connectivity index (χ1v) is 10.9. The lowest BCUT2D eigenvalue weighted by atomic mass is 10.0. The van der Waals surface area contributed by atoms with Crippen LogP contribution in [0.4, 0.5) is 0 Å². The van der Waals surface area contributed by atoms with Gasteiger partial charge in [0.25, 0.3) is 11.8 Å². The van der Waals surface area contributed by atoms with Gasteiger partial charge in [0.2, 0.25) is 0 Å². The number of carbonyl (C=O) groups is 3. The first-order valence-electron chi connectivity index (χ1n) is 10.1. The molecule has 6 nitrogen and oxygen atoms in total. The Morgan fingerprint density at radius 3 is 2.03 bits per heavy atom. The molecule has 3 aromatic carbocycles. The molecule has 162 valence electrons. The third kappa shape index (κ3) is 4.73. The minimum atomic E-state index is -1.07. The van der Waals surface area contributed by atoms with Crippen molar-refractivity contribution < 1.29 is 23.9 Å². The summed E-state index contributed by atoms with van der Waals surface area (Å²) in [5.74, 6) is -0.989. The Bertz CT molecular complexity index is 1100. The molecule has 32 heavy (non-hydrogen) atoms. The van der Waals surface area contributed by atoms with Crippen LogP contribution in [0, 0.1) is 0 Å². The molecule has 0 saturated carbocycles. The number of fused-ring (bicyclic) bond motifs is 1. The molecule has 0 radical (unpaired) electrons. The number of rotatable bonds is 8. The second kappa shape index (κ2) is 9.78. The van der Waals surface area contributed by atoms with Crippen LogP contribution in [-0.4, -0.2) is 41.9 Å². The van der Waals surface area contributed by atoms with Crippen molar-refractivity contribution in [2.75, 3.05) is 13.2 Å².